The Hall–Kier alpha value is -2.32. The van der Waals surface area contributed by atoms with E-state index in [2.05, 4.69) is 5.32 Å². The molecule has 8 heteroatoms. The van der Waals surface area contributed by atoms with Gasteiger partial charge < -0.3 is 16.2 Å². The van der Waals surface area contributed by atoms with Crippen LogP contribution in [0.1, 0.15) is 18.5 Å². The molecule has 1 unspecified atom stereocenters. The SMILES string of the molecule is CC1=C(C(=O)O)N2C(=O)[C@@H](NC(=O)[C@H](N)c3ccccc3)C2SC1. The Morgan fingerprint density at radius 2 is 2.04 bits per heavy atom. The van der Waals surface area contributed by atoms with Crippen LogP contribution in [0.25, 0.3) is 0 Å². The summed E-state index contributed by atoms with van der Waals surface area (Å²) in [5, 5.41) is 11.5. The fourth-order valence-corrected chi connectivity index (χ4v) is 4.12. The second kappa shape index (κ2) is 6.29. The average Bonchev–Trinajstić information content (AvgIpc) is 2.59. The molecule has 0 saturated carbocycles. The Morgan fingerprint density at radius 1 is 1.38 bits per heavy atom. The first-order chi connectivity index (χ1) is 11.4. The zero-order valence-electron chi connectivity index (χ0n) is 12.9. The van der Waals surface area contributed by atoms with E-state index in [0.717, 1.165) is 0 Å². The van der Waals surface area contributed by atoms with Gasteiger partial charge in [0.1, 0.15) is 23.2 Å². The van der Waals surface area contributed by atoms with Gasteiger partial charge >= 0.3 is 5.97 Å². The van der Waals surface area contributed by atoms with E-state index < -0.39 is 35.2 Å². The maximum Gasteiger partial charge on any atom is 0.352 e. The predicted molar refractivity (Wildman–Crippen MR) is 88.7 cm³/mol. The third-order valence-electron chi connectivity index (χ3n) is 4.10. The van der Waals surface area contributed by atoms with Gasteiger partial charge in [0, 0.05) is 5.75 Å². The molecule has 0 aromatic heterocycles. The van der Waals surface area contributed by atoms with Crippen molar-refractivity contribution in [1.29, 1.82) is 0 Å². The topological polar surface area (TPSA) is 113 Å². The Balaban J connectivity index is 1.71. The van der Waals surface area contributed by atoms with Gasteiger partial charge in [0.15, 0.2) is 0 Å². The molecule has 3 atom stereocenters. The molecule has 126 valence electrons. The van der Waals surface area contributed by atoms with Gasteiger partial charge in [-0.25, -0.2) is 4.79 Å². The summed E-state index contributed by atoms with van der Waals surface area (Å²) in [6.45, 7) is 1.69. The number of benzene rings is 1. The number of nitrogens with one attached hydrogen (secondary N) is 1. The number of fused-ring (bicyclic) bond motifs is 1. The second-order valence-electron chi connectivity index (χ2n) is 5.72. The summed E-state index contributed by atoms with van der Waals surface area (Å²) >= 11 is 1.43. The van der Waals surface area contributed by atoms with Gasteiger partial charge in [0.2, 0.25) is 5.91 Å². The summed E-state index contributed by atoms with van der Waals surface area (Å²) in [5.74, 6) is -1.50. The molecule has 0 bridgehead atoms. The first-order valence-corrected chi connectivity index (χ1v) is 8.45. The lowest BCUT2D eigenvalue weighted by Crippen LogP contribution is -2.71. The van der Waals surface area contributed by atoms with E-state index in [1.54, 1.807) is 31.2 Å². The number of hydrogen-bond donors (Lipinski definition) is 3. The van der Waals surface area contributed by atoms with Gasteiger partial charge in [-0.05, 0) is 18.1 Å². The number of nitrogens with two attached hydrogens (primary N) is 1. The number of aliphatic carboxylic acids is 1. The molecule has 0 radical (unpaired) electrons. The third kappa shape index (κ3) is 2.67. The van der Waals surface area contributed by atoms with Gasteiger partial charge in [-0.3, -0.25) is 14.5 Å². The van der Waals surface area contributed by atoms with Crippen LogP contribution in [0.3, 0.4) is 0 Å². The summed E-state index contributed by atoms with van der Waals surface area (Å²) in [7, 11) is 0. The van der Waals surface area contributed by atoms with Crippen molar-refractivity contribution in [1.82, 2.24) is 10.2 Å². The zero-order chi connectivity index (χ0) is 17.4. The lowest BCUT2D eigenvalue weighted by atomic mass is 10.0. The highest BCUT2D eigenvalue weighted by atomic mass is 32.2. The quantitative estimate of drug-likeness (QED) is 0.682. The van der Waals surface area contributed by atoms with Crippen molar-refractivity contribution in [2.75, 3.05) is 5.75 Å². The Bertz CT molecular complexity index is 734. The van der Waals surface area contributed by atoms with E-state index in [1.165, 1.54) is 16.7 Å². The summed E-state index contributed by atoms with van der Waals surface area (Å²) in [4.78, 5) is 37.2. The monoisotopic (exact) mass is 347 g/mol. The molecule has 2 heterocycles. The first kappa shape index (κ1) is 16.5. The summed E-state index contributed by atoms with van der Waals surface area (Å²) in [5.41, 5.74) is 7.24. The van der Waals surface area contributed by atoms with Crippen molar-refractivity contribution < 1.29 is 19.5 Å². The van der Waals surface area contributed by atoms with Crippen LogP contribution in [-0.2, 0) is 14.4 Å². The molecule has 1 saturated heterocycles. The Morgan fingerprint density at radius 3 is 2.67 bits per heavy atom. The molecular weight excluding hydrogens is 330 g/mol. The molecular formula is C16H17N3O4S. The van der Waals surface area contributed by atoms with Crippen LogP contribution in [-0.4, -0.2) is 45.0 Å². The number of rotatable bonds is 4. The van der Waals surface area contributed by atoms with E-state index in [-0.39, 0.29) is 5.70 Å². The molecule has 2 amide bonds. The number of nitrogens with zero attached hydrogens (tertiary/aromatic N) is 1. The van der Waals surface area contributed by atoms with Gasteiger partial charge in [-0.2, -0.15) is 0 Å². The van der Waals surface area contributed by atoms with Crippen molar-refractivity contribution in [3.05, 3.63) is 47.2 Å². The summed E-state index contributed by atoms with van der Waals surface area (Å²) in [6.07, 6.45) is 0. The van der Waals surface area contributed by atoms with Gasteiger partial charge in [-0.15, -0.1) is 11.8 Å². The Labute approximate surface area is 142 Å². The number of carboxylic acids is 1. The normalized spacial score (nSPS) is 24.1. The number of carbonyl (C=O) groups excluding carboxylic acids is 2. The molecule has 1 fully saturated rings. The molecule has 3 rings (SSSR count). The van der Waals surface area contributed by atoms with Crippen LogP contribution in [0.15, 0.2) is 41.6 Å². The minimum atomic E-state index is -1.13. The zero-order valence-corrected chi connectivity index (χ0v) is 13.7. The lowest BCUT2D eigenvalue weighted by molar-refractivity contribution is -0.150. The largest absolute Gasteiger partial charge is 0.477 e. The van der Waals surface area contributed by atoms with Gasteiger partial charge in [0.05, 0.1) is 0 Å². The highest BCUT2D eigenvalue weighted by Gasteiger charge is 2.53. The van der Waals surface area contributed by atoms with E-state index in [4.69, 9.17) is 5.73 Å². The summed E-state index contributed by atoms with van der Waals surface area (Å²) < 4.78 is 0. The molecule has 2 aliphatic heterocycles. The molecule has 24 heavy (non-hydrogen) atoms. The Kier molecular flexibility index (Phi) is 4.33. The highest BCUT2D eigenvalue weighted by molar-refractivity contribution is 8.00. The maximum absolute atomic E-state index is 12.3. The molecule has 0 aliphatic carbocycles. The predicted octanol–water partition coefficient (Wildman–Crippen LogP) is 0.445. The molecule has 1 aromatic rings. The number of hydrogen-bond acceptors (Lipinski definition) is 5. The fraction of sp³-hybridized carbons (Fsp3) is 0.312. The van der Waals surface area contributed by atoms with Gasteiger partial charge in [0.25, 0.3) is 5.91 Å². The highest BCUT2D eigenvalue weighted by Crippen LogP contribution is 2.40. The van der Waals surface area contributed by atoms with E-state index in [9.17, 15) is 19.5 Å². The summed E-state index contributed by atoms with van der Waals surface area (Å²) in [6, 6.07) is 7.23. The average molecular weight is 347 g/mol. The molecule has 2 aliphatic rings. The molecule has 0 spiro atoms. The van der Waals surface area contributed by atoms with Crippen LogP contribution in [0.4, 0.5) is 0 Å². The van der Waals surface area contributed by atoms with Crippen molar-refractivity contribution >= 4 is 29.5 Å². The number of amides is 2. The number of thioether (sulfide) groups is 1. The minimum absolute atomic E-state index is 0.0154. The second-order valence-corrected chi connectivity index (χ2v) is 6.82. The van der Waals surface area contributed by atoms with Crippen LogP contribution in [0.5, 0.6) is 0 Å². The number of carbonyl (C=O) groups is 3. The fourth-order valence-electron chi connectivity index (χ4n) is 2.83. The van der Waals surface area contributed by atoms with Crippen LogP contribution >= 0.6 is 11.8 Å². The van der Waals surface area contributed by atoms with Crippen molar-refractivity contribution in [3.8, 4) is 0 Å². The first-order valence-electron chi connectivity index (χ1n) is 7.40. The van der Waals surface area contributed by atoms with Gasteiger partial charge in [-0.1, -0.05) is 30.3 Å². The van der Waals surface area contributed by atoms with Crippen LogP contribution in [0.2, 0.25) is 0 Å². The van der Waals surface area contributed by atoms with Crippen molar-refractivity contribution in [3.63, 3.8) is 0 Å². The minimum Gasteiger partial charge on any atom is -0.477 e. The van der Waals surface area contributed by atoms with Crippen molar-refractivity contribution in [2.24, 2.45) is 5.73 Å². The van der Waals surface area contributed by atoms with E-state index in [0.29, 0.717) is 16.9 Å². The van der Waals surface area contributed by atoms with Crippen LogP contribution in [0, 0.1) is 0 Å². The number of β-lactam (4-membered cyclic amide) rings is 1. The maximum atomic E-state index is 12.3. The van der Waals surface area contributed by atoms with E-state index >= 15 is 0 Å². The lowest BCUT2D eigenvalue weighted by Gasteiger charge is -2.49. The van der Waals surface area contributed by atoms with E-state index in [1.807, 2.05) is 6.07 Å². The van der Waals surface area contributed by atoms with Crippen LogP contribution < -0.4 is 11.1 Å². The number of carboxylic acid groups (broad SMARTS) is 1. The third-order valence-corrected chi connectivity index (χ3v) is 5.52. The van der Waals surface area contributed by atoms with Crippen molar-refractivity contribution in [2.45, 2.75) is 24.4 Å². The molecule has 1 aromatic carbocycles. The molecule has 4 N–H and O–H groups in total. The standard InChI is InChI=1S/C16H17N3O4S/c1-8-7-24-15-11(14(21)19(15)12(8)16(22)23)18-13(20)10(17)9-5-3-2-4-6-9/h2-6,10-11,15H,7,17H2,1H3,(H,18,20)(H,22,23)/t10-,11-,15?/m1/s1. The smallest absolute Gasteiger partial charge is 0.352 e. The molecule has 7 nitrogen and oxygen atoms in total.